The molecule has 152 valence electrons. The maximum Gasteiger partial charge on any atom is 0.234 e. The molecular weight excluding hydrogens is 418 g/mol. The van der Waals surface area contributed by atoms with Crippen LogP contribution in [0, 0.1) is 13.8 Å². The van der Waals surface area contributed by atoms with E-state index in [2.05, 4.69) is 15.5 Å². The fourth-order valence-electron chi connectivity index (χ4n) is 3.00. The van der Waals surface area contributed by atoms with Crippen molar-refractivity contribution in [2.24, 2.45) is 0 Å². The normalized spacial score (nSPS) is 10.9. The predicted octanol–water partition coefficient (Wildman–Crippen LogP) is 5.06. The largest absolute Gasteiger partial charge is 0.325 e. The minimum atomic E-state index is -0.0937. The highest BCUT2D eigenvalue weighted by molar-refractivity contribution is 7.99. The minimum Gasteiger partial charge on any atom is -0.325 e. The zero-order valence-corrected chi connectivity index (χ0v) is 18.1. The zero-order valence-electron chi connectivity index (χ0n) is 16.5. The van der Waals surface area contributed by atoms with Crippen LogP contribution in [0.4, 0.5) is 5.69 Å². The van der Waals surface area contributed by atoms with Gasteiger partial charge in [0, 0.05) is 28.7 Å². The molecule has 0 bridgehead atoms. The maximum absolute atomic E-state index is 12.6. The molecule has 0 fully saturated rings. The second kappa shape index (κ2) is 8.77. The van der Waals surface area contributed by atoms with Gasteiger partial charge in [0.1, 0.15) is 0 Å². The van der Waals surface area contributed by atoms with Crippen LogP contribution in [-0.4, -0.2) is 31.2 Å². The average Bonchev–Trinajstić information content (AvgIpc) is 3.40. The molecular formula is C22H20ClN5OS. The SMILES string of the molecule is Cc1cccc(NC(=O)CSc2nnc(-c3ccc(Cl)cc3)n2-n2cccc2)c1C. The topological polar surface area (TPSA) is 64.7 Å². The molecule has 0 saturated heterocycles. The number of benzene rings is 2. The summed E-state index contributed by atoms with van der Waals surface area (Å²) >= 11 is 7.35. The summed E-state index contributed by atoms with van der Waals surface area (Å²) in [5.74, 6) is 0.789. The van der Waals surface area contributed by atoms with Gasteiger partial charge in [-0.05, 0) is 67.4 Å². The Kier molecular flexibility index (Phi) is 5.92. The molecule has 0 aliphatic heterocycles. The number of hydrogen-bond donors (Lipinski definition) is 1. The van der Waals surface area contributed by atoms with E-state index in [1.807, 2.05) is 90.2 Å². The van der Waals surface area contributed by atoms with Crippen molar-refractivity contribution in [3.8, 4) is 11.4 Å². The molecule has 2 aromatic heterocycles. The first-order valence-electron chi connectivity index (χ1n) is 9.37. The third-order valence-corrected chi connectivity index (χ3v) is 5.92. The maximum atomic E-state index is 12.6. The lowest BCUT2D eigenvalue weighted by molar-refractivity contribution is -0.113. The molecule has 0 aliphatic carbocycles. The third-order valence-electron chi connectivity index (χ3n) is 4.75. The lowest BCUT2D eigenvalue weighted by atomic mass is 10.1. The molecule has 0 aliphatic rings. The first kappa shape index (κ1) is 20.3. The average molecular weight is 438 g/mol. The van der Waals surface area contributed by atoms with Crippen LogP contribution < -0.4 is 5.32 Å². The highest BCUT2D eigenvalue weighted by atomic mass is 35.5. The Morgan fingerprint density at radius 3 is 2.50 bits per heavy atom. The number of rotatable bonds is 6. The van der Waals surface area contributed by atoms with Crippen molar-refractivity contribution in [2.75, 3.05) is 11.1 Å². The zero-order chi connectivity index (χ0) is 21.1. The van der Waals surface area contributed by atoms with Gasteiger partial charge in [-0.25, -0.2) is 4.68 Å². The van der Waals surface area contributed by atoms with Crippen molar-refractivity contribution in [3.05, 3.63) is 83.1 Å². The summed E-state index contributed by atoms with van der Waals surface area (Å²) in [4.78, 5) is 12.6. The van der Waals surface area contributed by atoms with E-state index < -0.39 is 0 Å². The van der Waals surface area contributed by atoms with E-state index in [0.29, 0.717) is 16.0 Å². The van der Waals surface area contributed by atoms with Crippen LogP contribution in [0.5, 0.6) is 0 Å². The highest BCUT2D eigenvalue weighted by Crippen LogP contribution is 2.26. The molecule has 30 heavy (non-hydrogen) atoms. The number of hydrogen-bond acceptors (Lipinski definition) is 4. The van der Waals surface area contributed by atoms with Crippen LogP contribution in [-0.2, 0) is 4.79 Å². The molecule has 8 heteroatoms. The Morgan fingerprint density at radius 1 is 1.03 bits per heavy atom. The van der Waals surface area contributed by atoms with Crippen molar-refractivity contribution in [3.63, 3.8) is 0 Å². The number of halogens is 1. The van der Waals surface area contributed by atoms with Gasteiger partial charge in [-0.15, -0.1) is 10.2 Å². The van der Waals surface area contributed by atoms with Gasteiger partial charge in [-0.3, -0.25) is 9.47 Å². The molecule has 0 radical (unpaired) electrons. The first-order chi connectivity index (χ1) is 14.5. The number of aryl methyl sites for hydroxylation is 1. The van der Waals surface area contributed by atoms with E-state index in [0.717, 1.165) is 22.4 Å². The fraction of sp³-hybridized carbons (Fsp3) is 0.136. The fourth-order valence-corrected chi connectivity index (χ4v) is 3.86. The number of carbonyl (C=O) groups excluding carboxylic acids is 1. The van der Waals surface area contributed by atoms with Crippen molar-refractivity contribution in [1.29, 1.82) is 0 Å². The van der Waals surface area contributed by atoms with E-state index in [1.54, 1.807) is 0 Å². The van der Waals surface area contributed by atoms with Crippen LogP contribution >= 0.6 is 23.4 Å². The Hall–Kier alpha value is -3.03. The monoisotopic (exact) mass is 437 g/mol. The van der Waals surface area contributed by atoms with Gasteiger partial charge in [-0.1, -0.05) is 35.5 Å². The summed E-state index contributed by atoms with van der Waals surface area (Å²) in [5, 5.41) is 12.9. The smallest absolute Gasteiger partial charge is 0.234 e. The number of nitrogens with one attached hydrogen (secondary N) is 1. The van der Waals surface area contributed by atoms with Crippen molar-refractivity contribution < 1.29 is 4.79 Å². The van der Waals surface area contributed by atoms with E-state index in [4.69, 9.17) is 11.6 Å². The Labute approximate surface area is 183 Å². The van der Waals surface area contributed by atoms with Crippen LogP contribution in [0.25, 0.3) is 11.4 Å². The van der Waals surface area contributed by atoms with Crippen LogP contribution in [0.3, 0.4) is 0 Å². The van der Waals surface area contributed by atoms with Crippen LogP contribution in [0.1, 0.15) is 11.1 Å². The van der Waals surface area contributed by atoms with Crippen LogP contribution in [0.2, 0.25) is 5.02 Å². The van der Waals surface area contributed by atoms with E-state index >= 15 is 0 Å². The van der Waals surface area contributed by atoms with Crippen molar-refractivity contribution >= 4 is 35.0 Å². The Bertz CT molecular complexity index is 1170. The van der Waals surface area contributed by atoms with Gasteiger partial charge in [-0.2, -0.15) is 0 Å². The molecule has 0 spiro atoms. The molecule has 2 aromatic carbocycles. The number of anilines is 1. The van der Waals surface area contributed by atoms with Gasteiger partial charge in [0.05, 0.1) is 5.75 Å². The van der Waals surface area contributed by atoms with Crippen molar-refractivity contribution in [1.82, 2.24) is 19.5 Å². The minimum absolute atomic E-state index is 0.0937. The predicted molar refractivity (Wildman–Crippen MR) is 121 cm³/mol. The molecule has 1 N–H and O–H groups in total. The summed E-state index contributed by atoms with van der Waals surface area (Å²) in [7, 11) is 0. The van der Waals surface area contributed by atoms with Crippen molar-refractivity contribution in [2.45, 2.75) is 19.0 Å². The van der Waals surface area contributed by atoms with Gasteiger partial charge in [0.15, 0.2) is 5.82 Å². The molecule has 0 saturated carbocycles. The third kappa shape index (κ3) is 4.27. The number of thioether (sulfide) groups is 1. The number of carbonyl (C=O) groups is 1. The molecule has 4 rings (SSSR count). The van der Waals surface area contributed by atoms with Gasteiger partial charge in [0.25, 0.3) is 0 Å². The Balaban J connectivity index is 1.56. The first-order valence-corrected chi connectivity index (χ1v) is 10.7. The molecule has 2 heterocycles. The lowest BCUT2D eigenvalue weighted by Crippen LogP contribution is -2.16. The van der Waals surface area contributed by atoms with E-state index in [-0.39, 0.29) is 11.7 Å². The van der Waals surface area contributed by atoms with Crippen LogP contribution in [0.15, 0.2) is 72.1 Å². The molecule has 0 atom stereocenters. The quantitative estimate of drug-likeness (QED) is 0.428. The van der Waals surface area contributed by atoms with Gasteiger partial charge >= 0.3 is 0 Å². The number of amides is 1. The Morgan fingerprint density at radius 2 is 1.77 bits per heavy atom. The van der Waals surface area contributed by atoms with Gasteiger partial charge in [0.2, 0.25) is 11.1 Å². The summed E-state index contributed by atoms with van der Waals surface area (Å²) in [5.41, 5.74) is 3.92. The highest BCUT2D eigenvalue weighted by Gasteiger charge is 2.17. The van der Waals surface area contributed by atoms with E-state index in [9.17, 15) is 4.79 Å². The summed E-state index contributed by atoms with van der Waals surface area (Å²) < 4.78 is 3.76. The van der Waals surface area contributed by atoms with E-state index in [1.165, 1.54) is 11.8 Å². The second-order valence-corrected chi connectivity index (χ2v) is 8.15. The summed E-state index contributed by atoms with van der Waals surface area (Å²) in [6.45, 7) is 4.02. The standard InChI is InChI=1S/C22H20ClN5OS/c1-15-6-5-7-19(16(15)2)24-20(29)14-30-22-26-25-21(17-8-10-18(23)11-9-17)28(22)27-12-3-4-13-27/h3-13H,14H2,1-2H3,(H,24,29). The van der Waals surface area contributed by atoms with Gasteiger partial charge < -0.3 is 5.32 Å². The summed E-state index contributed by atoms with van der Waals surface area (Å²) in [6.07, 6.45) is 3.81. The number of nitrogens with zero attached hydrogens (tertiary/aromatic N) is 4. The molecule has 1 amide bonds. The molecule has 4 aromatic rings. The summed E-state index contributed by atoms with van der Waals surface area (Å²) in [6, 6.07) is 17.1. The molecule has 0 unspecified atom stereocenters. The second-order valence-electron chi connectivity index (χ2n) is 6.77. The number of aromatic nitrogens is 4. The molecule has 6 nitrogen and oxygen atoms in total. The lowest BCUT2D eigenvalue weighted by Gasteiger charge is -2.12.